The third kappa shape index (κ3) is 1.82. The second kappa shape index (κ2) is 3.15. The third-order valence-electron chi connectivity index (χ3n) is 3.21. The first-order valence-corrected chi connectivity index (χ1v) is 4.75. The molecule has 0 radical (unpaired) electrons. The van der Waals surface area contributed by atoms with Crippen LogP contribution in [0.5, 0.6) is 0 Å². The zero-order chi connectivity index (χ0) is 9.47. The van der Waals surface area contributed by atoms with Gasteiger partial charge in [-0.05, 0) is 31.6 Å². The van der Waals surface area contributed by atoms with Gasteiger partial charge < -0.3 is 4.74 Å². The van der Waals surface area contributed by atoms with E-state index >= 15 is 0 Å². The first-order valence-electron chi connectivity index (χ1n) is 4.75. The molecule has 2 fully saturated rings. The van der Waals surface area contributed by atoms with Crippen molar-refractivity contribution in [2.24, 2.45) is 11.8 Å². The highest BCUT2D eigenvalue weighted by Gasteiger charge is 2.46. The topological polar surface area (TPSA) is 9.23 Å². The molecule has 2 rings (SSSR count). The number of rotatable bonds is 0. The molecule has 0 amide bonds. The van der Waals surface area contributed by atoms with Gasteiger partial charge >= 0.3 is 6.18 Å². The predicted molar refractivity (Wildman–Crippen MR) is 41.2 cm³/mol. The van der Waals surface area contributed by atoms with Gasteiger partial charge in [0.15, 0.2) is 0 Å². The van der Waals surface area contributed by atoms with Gasteiger partial charge in [-0.25, -0.2) is 0 Å². The molecule has 0 aromatic rings. The van der Waals surface area contributed by atoms with Crippen molar-refractivity contribution < 1.29 is 17.9 Å². The van der Waals surface area contributed by atoms with Crippen molar-refractivity contribution in [1.29, 1.82) is 0 Å². The highest BCUT2D eigenvalue weighted by molar-refractivity contribution is 4.86. The maximum Gasteiger partial charge on any atom is 0.391 e. The van der Waals surface area contributed by atoms with E-state index in [1.807, 2.05) is 0 Å². The van der Waals surface area contributed by atoms with Crippen molar-refractivity contribution in [3.63, 3.8) is 0 Å². The number of hydrogen-bond donors (Lipinski definition) is 0. The molecule has 1 aliphatic carbocycles. The minimum absolute atomic E-state index is 0.111. The first kappa shape index (κ1) is 9.31. The fraction of sp³-hybridized carbons (Fsp3) is 1.00. The maximum atomic E-state index is 12.3. The molecule has 0 unspecified atom stereocenters. The SMILES string of the molecule is FC(F)(F)[C@@H]1CC[C@H]2CCO[C@H]2C1. The minimum atomic E-state index is -4.02. The molecule has 1 heterocycles. The molecule has 0 bridgehead atoms. The Morgan fingerprint density at radius 3 is 2.54 bits per heavy atom. The summed E-state index contributed by atoms with van der Waals surface area (Å²) in [6, 6.07) is 0. The molecule has 0 spiro atoms. The molecule has 76 valence electrons. The third-order valence-corrected chi connectivity index (χ3v) is 3.21. The minimum Gasteiger partial charge on any atom is -0.378 e. The standard InChI is InChI=1S/C9H13F3O/c10-9(11,12)7-2-1-6-3-4-13-8(6)5-7/h6-8H,1-5H2/t6-,7+,8-/m0/s1. The van der Waals surface area contributed by atoms with Crippen LogP contribution in [-0.2, 0) is 4.74 Å². The highest BCUT2D eigenvalue weighted by atomic mass is 19.4. The van der Waals surface area contributed by atoms with Crippen LogP contribution in [0.1, 0.15) is 25.7 Å². The molecule has 0 aromatic heterocycles. The normalized spacial score (nSPS) is 40.4. The maximum absolute atomic E-state index is 12.3. The van der Waals surface area contributed by atoms with Crippen molar-refractivity contribution in [2.45, 2.75) is 38.0 Å². The molecule has 0 aromatic carbocycles. The summed E-state index contributed by atoms with van der Waals surface area (Å²) in [7, 11) is 0. The molecule has 13 heavy (non-hydrogen) atoms. The van der Waals surface area contributed by atoms with Gasteiger partial charge in [-0.2, -0.15) is 13.2 Å². The predicted octanol–water partition coefficient (Wildman–Crippen LogP) is 2.75. The van der Waals surface area contributed by atoms with Gasteiger partial charge in [0.25, 0.3) is 0 Å². The van der Waals surface area contributed by atoms with E-state index in [0.29, 0.717) is 25.4 Å². The Kier molecular flexibility index (Phi) is 2.26. The van der Waals surface area contributed by atoms with E-state index in [0.717, 1.165) is 6.42 Å². The van der Waals surface area contributed by atoms with Gasteiger partial charge in [0.05, 0.1) is 12.0 Å². The Labute approximate surface area is 75.3 Å². The molecule has 3 atom stereocenters. The second-order valence-corrected chi connectivity index (χ2v) is 4.01. The van der Waals surface area contributed by atoms with Crippen LogP contribution in [0, 0.1) is 11.8 Å². The molecule has 1 saturated heterocycles. The van der Waals surface area contributed by atoms with Crippen LogP contribution in [0.15, 0.2) is 0 Å². The largest absolute Gasteiger partial charge is 0.391 e. The van der Waals surface area contributed by atoms with E-state index in [1.165, 1.54) is 0 Å². The van der Waals surface area contributed by atoms with E-state index < -0.39 is 12.1 Å². The Morgan fingerprint density at radius 2 is 1.85 bits per heavy atom. The number of ether oxygens (including phenoxy) is 1. The van der Waals surface area contributed by atoms with E-state index in [1.54, 1.807) is 0 Å². The number of halogens is 3. The highest BCUT2D eigenvalue weighted by Crippen LogP contribution is 2.43. The quantitative estimate of drug-likeness (QED) is 0.576. The number of alkyl halides is 3. The molecule has 1 nitrogen and oxygen atoms in total. The van der Waals surface area contributed by atoms with E-state index in [-0.39, 0.29) is 12.5 Å². The lowest BCUT2D eigenvalue weighted by Crippen LogP contribution is -2.34. The van der Waals surface area contributed by atoms with Crippen LogP contribution in [0.4, 0.5) is 13.2 Å². The fourth-order valence-electron chi connectivity index (χ4n) is 2.39. The Balaban J connectivity index is 1.97. The first-order chi connectivity index (χ1) is 6.07. The molecule has 1 aliphatic heterocycles. The van der Waals surface area contributed by atoms with Gasteiger partial charge in [0.2, 0.25) is 0 Å². The van der Waals surface area contributed by atoms with Crippen LogP contribution in [0.3, 0.4) is 0 Å². The van der Waals surface area contributed by atoms with Crippen molar-refractivity contribution in [1.82, 2.24) is 0 Å². The van der Waals surface area contributed by atoms with Crippen LogP contribution in [0.2, 0.25) is 0 Å². The molecule has 1 saturated carbocycles. The number of fused-ring (bicyclic) bond motifs is 1. The lowest BCUT2D eigenvalue weighted by Gasteiger charge is -2.31. The van der Waals surface area contributed by atoms with Crippen LogP contribution in [0.25, 0.3) is 0 Å². The van der Waals surface area contributed by atoms with Crippen LogP contribution < -0.4 is 0 Å². The summed E-state index contributed by atoms with van der Waals surface area (Å²) in [6.45, 7) is 0.653. The average Bonchev–Trinajstić information content (AvgIpc) is 2.47. The van der Waals surface area contributed by atoms with E-state index in [2.05, 4.69) is 0 Å². The van der Waals surface area contributed by atoms with Gasteiger partial charge in [0, 0.05) is 6.61 Å². The summed E-state index contributed by atoms with van der Waals surface area (Å²) >= 11 is 0. The Morgan fingerprint density at radius 1 is 1.08 bits per heavy atom. The van der Waals surface area contributed by atoms with Gasteiger partial charge in [-0.1, -0.05) is 0 Å². The Bertz CT molecular complexity index is 190. The summed E-state index contributed by atoms with van der Waals surface area (Å²) in [4.78, 5) is 0. The molecule has 4 heteroatoms. The van der Waals surface area contributed by atoms with E-state index in [9.17, 15) is 13.2 Å². The number of hydrogen-bond acceptors (Lipinski definition) is 1. The zero-order valence-electron chi connectivity index (χ0n) is 7.31. The summed E-state index contributed by atoms with van der Waals surface area (Å²) in [5.74, 6) is -0.717. The van der Waals surface area contributed by atoms with Crippen LogP contribution >= 0.6 is 0 Å². The molecule has 0 N–H and O–H groups in total. The lowest BCUT2D eigenvalue weighted by atomic mass is 9.79. The van der Waals surface area contributed by atoms with E-state index in [4.69, 9.17) is 4.74 Å². The van der Waals surface area contributed by atoms with Crippen LogP contribution in [-0.4, -0.2) is 18.9 Å². The van der Waals surface area contributed by atoms with Crippen molar-refractivity contribution >= 4 is 0 Å². The van der Waals surface area contributed by atoms with Gasteiger partial charge in [0.1, 0.15) is 0 Å². The summed E-state index contributed by atoms with van der Waals surface area (Å²) in [5.41, 5.74) is 0. The van der Waals surface area contributed by atoms with Crippen molar-refractivity contribution in [3.8, 4) is 0 Å². The monoisotopic (exact) mass is 194 g/mol. The Hall–Kier alpha value is -0.250. The lowest BCUT2D eigenvalue weighted by molar-refractivity contribution is -0.192. The van der Waals surface area contributed by atoms with Crippen molar-refractivity contribution in [3.05, 3.63) is 0 Å². The summed E-state index contributed by atoms with van der Waals surface area (Å²) in [5, 5.41) is 0. The van der Waals surface area contributed by atoms with Crippen molar-refractivity contribution in [2.75, 3.05) is 6.61 Å². The summed E-state index contributed by atoms with van der Waals surface area (Å²) < 4.78 is 42.3. The molecular weight excluding hydrogens is 181 g/mol. The summed E-state index contributed by atoms with van der Waals surface area (Å²) in [6.07, 6.45) is -2.00. The van der Waals surface area contributed by atoms with Gasteiger partial charge in [-0.3, -0.25) is 0 Å². The smallest absolute Gasteiger partial charge is 0.378 e. The fourth-order valence-corrected chi connectivity index (χ4v) is 2.39. The molecular formula is C9H13F3O. The second-order valence-electron chi connectivity index (χ2n) is 4.01. The average molecular weight is 194 g/mol. The zero-order valence-corrected chi connectivity index (χ0v) is 7.31. The molecule has 2 aliphatic rings. The van der Waals surface area contributed by atoms with Gasteiger partial charge in [-0.15, -0.1) is 0 Å².